The Morgan fingerprint density at radius 1 is 1.10 bits per heavy atom. The maximum absolute atomic E-state index is 13.3. The number of nitrogens with one attached hydrogen (secondary N) is 1. The Balaban J connectivity index is 0.00000533. The third-order valence-electron chi connectivity index (χ3n) is 6.47. The van der Waals surface area contributed by atoms with Crippen LogP contribution in [0.2, 0.25) is 0 Å². The van der Waals surface area contributed by atoms with E-state index in [4.69, 9.17) is 4.74 Å². The minimum Gasteiger partial charge on any atom is -0.548 e. The first-order valence-corrected chi connectivity index (χ1v) is 15.2. The van der Waals surface area contributed by atoms with Crippen molar-refractivity contribution >= 4 is 35.0 Å². The van der Waals surface area contributed by atoms with Crippen molar-refractivity contribution in [2.45, 2.75) is 72.1 Å². The fourth-order valence-corrected chi connectivity index (χ4v) is 5.90. The summed E-state index contributed by atoms with van der Waals surface area (Å²) in [6, 6.07) is 12.4. The second-order valence-corrected chi connectivity index (χ2v) is 11.7. The van der Waals surface area contributed by atoms with E-state index in [1.54, 1.807) is 17.4 Å². The number of aryl methyl sites for hydroxylation is 3. The predicted molar refractivity (Wildman–Crippen MR) is 155 cm³/mol. The normalized spacial score (nSPS) is 12.4. The first-order valence-electron chi connectivity index (χ1n) is 13.0. The molecule has 2 aromatic carbocycles. The van der Waals surface area contributed by atoms with Gasteiger partial charge in [0.25, 0.3) is 5.91 Å². The van der Waals surface area contributed by atoms with E-state index in [1.165, 1.54) is 16.6 Å². The molecule has 6 nitrogen and oxygen atoms in total. The molecule has 9 heteroatoms. The summed E-state index contributed by atoms with van der Waals surface area (Å²) < 4.78 is 6.45. The van der Waals surface area contributed by atoms with E-state index in [0.717, 1.165) is 52.2 Å². The molecule has 0 saturated heterocycles. The smallest absolute Gasteiger partial charge is 0.548 e. The van der Waals surface area contributed by atoms with Crippen LogP contribution in [0.3, 0.4) is 0 Å². The molecule has 1 heterocycles. The number of ether oxygens (including phenoxy) is 1. The first kappa shape index (κ1) is 33.1. The molecule has 0 aliphatic heterocycles. The summed E-state index contributed by atoms with van der Waals surface area (Å²) >= 11 is 3.21. The van der Waals surface area contributed by atoms with E-state index in [1.807, 2.05) is 63.4 Å². The van der Waals surface area contributed by atoms with Gasteiger partial charge >= 0.3 is 18.9 Å². The van der Waals surface area contributed by atoms with E-state index in [9.17, 15) is 14.7 Å². The Morgan fingerprint density at radius 2 is 1.85 bits per heavy atom. The Hall–Kier alpha value is -2.08. The average Bonchev–Trinajstić information content (AvgIpc) is 3.23. The number of hydrogen-bond acceptors (Lipinski definition) is 7. The van der Waals surface area contributed by atoms with Crippen LogP contribution in [-0.4, -0.2) is 34.9 Å². The molecule has 1 amide bonds. The van der Waals surface area contributed by atoms with Crippen molar-refractivity contribution in [1.29, 1.82) is 0 Å². The Labute approximate surface area is 252 Å². The molecule has 0 radical (unpaired) electrons. The van der Waals surface area contributed by atoms with Gasteiger partial charge in [-0.25, -0.2) is 4.98 Å². The zero-order valence-electron chi connectivity index (χ0n) is 23.8. The average molecular weight is 561 g/mol. The minimum absolute atomic E-state index is 0. The number of carbonyl (C=O) groups excluding carboxylic acids is 2. The molecule has 0 saturated carbocycles. The summed E-state index contributed by atoms with van der Waals surface area (Å²) in [4.78, 5) is 30.7. The molecule has 0 fully saturated rings. The monoisotopic (exact) mass is 560 g/mol. The van der Waals surface area contributed by atoms with Crippen molar-refractivity contribution in [2.24, 2.45) is 0 Å². The van der Waals surface area contributed by atoms with Crippen molar-refractivity contribution in [3.63, 3.8) is 0 Å². The minimum atomic E-state index is -1.28. The predicted octanol–water partition coefficient (Wildman–Crippen LogP) is 2.79. The van der Waals surface area contributed by atoms with Gasteiger partial charge in [0.05, 0.1) is 40.3 Å². The van der Waals surface area contributed by atoms with Crippen molar-refractivity contribution in [2.75, 3.05) is 12.0 Å². The number of thioether (sulfide) groups is 1. The van der Waals surface area contributed by atoms with Crippen molar-refractivity contribution in [1.82, 2.24) is 10.3 Å². The van der Waals surface area contributed by atoms with Gasteiger partial charge in [0.15, 0.2) is 0 Å². The van der Waals surface area contributed by atoms with Gasteiger partial charge in [-0.1, -0.05) is 50.1 Å². The zero-order valence-corrected chi connectivity index (χ0v) is 25.5. The van der Waals surface area contributed by atoms with Crippen LogP contribution in [0.15, 0.2) is 42.5 Å². The first-order chi connectivity index (χ1) is 18.2. The number of carbonyl (C=O) groups is 2. The fraction of sp³-hybridized carbons (Fsp3) is 0.433. The SMILES string of the molecule is CCCCC(OCc1ccc(C(=O)N[C@@H](CCSC)C(=O)[O-])c(-c2ccccc2C)c1)c1sc(C)nc1C.[Li+]. The van der Waals surface area contributed by atoms with Crippen LogP contribution in [0.25, 0.3) is 11.1 Å². The molecule has 0 spiro atoms. The molecular weight excluding hydrogens is 523 g/mol. The second-order valence-electron chi connectivity index (χ2n) is 9.45. The fourth-order valence-electron chi connectivity index (χ4n) is 4.42. The standard InChI is InChI=1S/C30H38N2O4S2.Li/c1-6-7-12-27(28-20(3)31-21(4)38-28)36-18-22-13-14-24(25(17-22)23-11-9-8-10-19(23)2)29(33)32-26(30(34)35)15-16-37-5;/h8-11,13-14,17,26-27H,6-7,12,15-16,18H2,1-5H3,(H,32,33)(H,34,35);/q;+1/p-1/t26-,27?;/m0./s1. The Bertz CT molecular complexity index is 1250. The number of benzene rings is 2. The third kappa shape index (κ3) is 9.23. The van der Waals surface area contributed by atoms with Crippen LogP contribution < -0.4 is 29.3 Å². The number of hydrogen-bond donors (Lipinski definition) is 1. The van der Waals surface area contributed by atoms with E-state index >= 15 is 0 Å². The number of nitrogens with zero attached hydrogens (tertiary/aromatic N) is 1. The molecule has 1 unspecified atom stereocenters. The van der Waals surface area contributed by atoms with Gasteiger partial charge in [0.2, 0.25) is 0 Å². The van der Waals surface area contributed by atoms with Gasteiger partial charge < -0.3 is 20.0 Å². The van der Waals surface area contributed by atoms with Gasteiger partial charge in [-0.05, 0) is 80.0 Å². The summed E-state index contributed by atoms with van der Waals surface area (Å²) in [6.07, 6.45) is 5.23. The molecule has 1 N–H and O–H groups in total. The van der Waals surface area contributed by atoms with E-state index in [2.05, 4.69) is 17.2 Å². The molecular formula is C30H37LiN2O4S2. The molecule has 0 aliphatic carbocycles. The topological polar surface area (TPSA) is 91.3 Å². The molecule has 3 aromatic rings. The summed E-state index contributed by atoms with van der Waals surface area (Å²) in [5, 5.41) is 15.3. The van der Waals surface area contributed by atoms with Crippen LogP contribution in [0.4, 0.5) is 0 Å². The van der Waals surface area contributed by atoms with Crippen LogP contribution in [-0.2, 0) is 16.1 Å². The number of thiazole rings is 1. The Kier molecular flexibility index (Phi) is 13.8. The number of aromatic nitrogens is 1. The number of rotatable bonds is 14. The molecule has 3 rings (SSSR count). The van der Waals surface area contributed by atoms with Crippen LogP contribution in [0, 0.1) is 20.8 Å². The molecule has 2 atom stereocenters. The molecule has 0 aliphatic rings. The maximum Gasteiger partial charge on any atom is 1.00 e. The maximum atomic E-state index is 13.3. The van der Waals surface area contributed by atoms with E-state index < -0.39 is 17.9 Å². The molecule has 39 heavy (non-hydrogen) atoms. The second kappa shape index (κ2) is 16.2. The van der Waals surface area contributed by atoms with Crippen LogP contribution >= 0.6 is 23.1 Å². The van der Waals surface area contributed by atoms with Gasteiger partial charge in [-0.15, -0.1) is 11.3 Å². The zero-order chi connectivity index (χ0) is 27.7. The molecule has 1 aromatic heterocycles. The Morgan fingerprint density at radius 3 is 2.46 bits per heavy atom. The van der Waals surface area contributed by atoms with Gasteiger partial charge in [-0.3, -0.25) is 4.79 Å². The van der Waals surface area contributed by atoms with Crippen molar-refractivity contribution in [3.05, 3.63) is 74.7 Å². The number of aliphatic carboxylic acids is 1. The third-order valence-corrected chi connectivity index (χ3v) is 8.28. The number of carboxylic acids is 1. The quantitative estimate of drug-likeness (QED) is 0.305. The van der Waals surface area contributed by atoms with E-state index in [0.29, 0.717) is 24.3 Å². The molecule has 0 bridgehead atoms. The summed E-state index contributed by atoms with van der Waals surface area (Å²) in [5.41, 5.74) is 5.08. The number of carboxylic acid groups (broad SMARTS) is 1. The van der Waals surface area contributed by atoms with Crippen LogP contribution in [0.1, 0.15) is 75.8 Å². The van der Waals surface area contributed by atoms with Gasteiger partial charge in [0, 0.05) is 5.56 Å². The largest absolute Gasteiger partial charge is 1.00 e. The van der Waals surface area contributed by atoms with Crippen LogP contribution in [0.5, 0.6) is 0 Å². The summed E-state index contributed by atoms with van der Waals surface area (Å²) in [6.45, 7) is 8.61. The number of unbranched alkanes of at least 4 members (excludes halogenated alkanes) is 1. The molecule has 204 valence electrons. The van der Waals surface area contributed by atoms with Crippen molar-refractivity contribution < 1.29 is 38.3 Å². The summed E-state index contributed by atoms with van der Waals surface area (Å²) in [7, 11) is 0. The summed E-state index contributed by atoms with van der Waals surface area (Å²) in [5.74, 6) is -1.10. The van der Waals surface area contributed by atoms with Gasteiger partial charge in [0.1, 0.15) is 0 Å². The van der Waals surface area contributed by atoms with Gasteiger partial charge in [-0.2, -0.15) is 11.8 Å². The number of amides is 1. The van der Waals surface area contributed by atoms with E-state index in [-0.39, 0.29) is 25.0 Å². The van der Waals surface area contributed by atoms with Crippen molar-refractivity contribution in [3.8, 4) is 11.1 Å².